The molecule has 1 fully saturated rings. The third-order valence-corrected chi connectivity index (χ3v) is 4.07. The summed E-state index contributed by atoms with van der Waals surface area (Å²) >= 11 is 0. The molecular weight excluding hydrogens is 218 g/mol. The van der Waals surface area contributed by atoms with Crippen LogP contribution in [0.25, 0.3) is 0 Å². The minimum Gasteiger partial charge on any atom is -0.466 e. The van der Waals surface area contributed by atoms with Crippen molar-refractivity contribution in [1.29, 1.82) is 0 Å². The molecule has 0 aromatic carbocycles. The van der Waals surface area contributed by atoms with Crippen LogP contribution >= 0.6 is 0 Å². The molecule has 1 N–H and O–H groups in total. The lowest BCUT2D eigenvalue weighted by Gasteiger charge is -2.09. The summed E-state index contributed by atoms with van der Waals surface area (Å²) < 4.78 is 27.0. The number of hydrogen-bond donors (Lipinski definition) is 1. The van der Waals surface area contributed by atoms with Gasteiger partial charge < -0.3 is 10.1 Å². The summed E-state index contributed by atoms with van der Waals surface area (Å²) in [6.45, 7) is 2.63. The third-order valence-electron chi connectivity index (χ3n) is 2.30. The Bertz CT molecular complexity index is 312. The van der Waals surface area contributed by atoms with Gasteiger partial charge in [0, 0.05) is 12.6 Å². The second-order valence-electron chi connectivity index (χ2n) is 3.61. The predicted octanol–water partition coefficient (Wildman–Crippen LogP) is -0.284. The molecule has 1 rings (SSSR count). The monoisotopic (exact) mass is 235 g/mol. The van der Waals surface area contributed by atoms with Crippen molar-refractivity contribution in [3.63, 3.8) is 0 Å². The Hall–Kier alpha value is -0.620. The van der Waals surface area contributed by atoms with E-state index in [0.29, 0.717) is 26.0 Å². The number of carbonyl (C=O) groups is 1. The molecule has 0 amide bonds. The maximum Gasteiger partial charge on any atom is 0.307 e. The average molecular weight is 235 g/mol. The summed E-state index contributed by atoms with van der Waals surface area (Å²) in [6.07, 6.45) is 0.940. The van der Waals surface area contributed by atoms with Crippen molar-refractivity contribution < 1.29 is 17.9 Å². The smallest absolute Gasteiger partial charge is 0.307 e. The van der Waals surface area contributed by atoms with E-state index in [1.54, 1.807) is 6.92 Å². The number of nitrogens with one attached hydrogen (secondary N) is 1. The van der Waals surface area contributed by atoms with Gasteiger partial charge in [0.05, 0.1) is 24.5 Å². The number of esters is 1. The van der Waals surface area contributed by atoms with Crippen LogP contribution in [0, 0.1) is 0 Å². The van der Waals surface area contributed by atoms with Gasteiger partial charge in [0.1, 0.15) is 0 Å². The van der Waals surface area contributed by atoms with Crippen molar-refractivity contribution in [2.24, 2.45) is 0 Å². The summed E-state index contributed by atoms with van der Waals surface area (Å²) in [5.41, 5.74) is 0. The van der Waals surface area contributed by atoms with E-state index < -0.39 is 9.84 Å². The first kappa shape index (κ1) is 12.4. The van der Waals surface area contributed by atoms with E-state index in [2.05, 4.69) is 5.32 Å². The fourth-order valence-corrected chi connectivity index (χ4v) is 3.28. The maximum absolute atomic E-state index is 11.1. The Kier molecular flexibility index (Phi) is 4.53. The van der Waals surface area contributed by atoms with E-state index in [0.717, 1.165) is 0 Å². The largest absolute Gasteiger partial charge is 0.466 e. The maximum atomic E-state index is 11.1. The molecule has 1 aliphatic heterocycles. The molecule has 15 heavy (non-hydrogen) atoms. The van der Waals surface area contributed by atoms with Crippen LogP contribution < -0.4 is 5.32 Å². The van der Waals surface area contributed by atoms with Gasteiger partial charge in [0.15, 0.2) is 9.84 Å². The normalized spacial score (nSPS) is 23.9. The van der Waals surface area contributed by atoms with Gasteiger partial charge in [-0.05, 0) is 13.3 Å². The lowest BCUT2D eigenvalue weighted by Crippen LogP contribution is -2.32. The molecule has 1 saturated heterocycles. The second kappa shape index (κ2) is 5.46. The Labute approximate surface area is 90.1 Å². The number of sulfone groups is 1. The molecule has 0 bridgehead atoms. The highest BCUT2D eigenvalue weighted by Crippen LogP contribution is 2.10. The summed E-state index contributed by atoms with van der Waals surface area (Å²) in [6, 6.07) is 0.00410. The summed E-state index contributed by atoms with van der Waals surface area (Å²) in [5, 5.41) is 3.05. The first-order chi connectivity index (χ1) is 7.03. The highest BCUT2D eigenvalue weighted by atomic mass is 32.2. The van der Waals surface area contributed by atoms with Gasteiger partial charge in [-0.25, -0.2) is 8.42 Å². The molecule has 88 valence electrons. The lowest BCUT2D eigenvalue weighted by molar-refractivity contribution is -0.142. The molecule has 0 saturated carbocycles. The molecule has 0 aromatic heterocycles. The Balaban J connectivity index is 2.14. The molecule has 6 heteroatoms. The minimum atomic E-state index is -2.84. The van der Waals surface area contributed by atoms with Gasteiger partial charge in [0.25, 0.3) is 0 Å². The SMILES string of the molecule is CCOC(=O)CCN[C@@H]1CCS(=O)(=O)C1. The second-order valence-corrected chi connectivity index (χ2v) is 5.84. The van der Waals surface area contributed by atoms with E-state index in [9.17, 15) is 13.2 Å². The Morgan fingerprint density at radius 2 is 2.27 bits per heavy atom. The van der Waals surface area contributed by atoms with Crippen LogP contribution in [0.3, 0.4) is 0 Å². The van der Waals surface area contributed by atoms with Gasteiger partial charge >= 0.3 is 5.97 Å². The van der Waals surface area contributed by atoms with Crippen LogP contribution in [-0.4, -0.2) is 45.1 Å². The first-order valence-corrected chi connectivity index (χ1v) is 6.95. The highest BCUT2D eigenvalue weighted by molar-refractivity contribution is 7.91. The summed E-state index contributed by atoms with van der Waals surface area (Å²) in [4.78, 5) is 11.0. The molecule has 1 atom stereocenters. The zero-order chi connectivity index (χ0) is 11.3. The molecule has 0 radical (unpaired) electrons. The van der Waals surface area contributed by atoms with Crippen molar-refractivity contribution in [2.45, 2.75) is 25.8 Å². The highest BCUT2D eigenvalue weighted by Gasteiger charge is 2.27. The lowest BCUT2D eigenvalue weighted by atomic mass is 10.2. The van der Waals surface area contributed by atoms with Crippen LogP contribution in [-0.2, 0) is 19.4 Å². The fraction of sp³-hybridized carbons (Fsp3) is 0.889. The Morgan fingerprint density at radius 3 is 2.80 bits per heavy atom. The standard InChI is InChI=1S/C9H17NO4S/c1-2-14-9(11)3-5-10-8-4-6-15(12,13)7-8/h8,10H,2-7H2,1H3/t8-/m1/s1. The number of hydrogen-bond acceptors (Lipinski definition) is 5. The fourth-order valence-electron chi connectivity index (χ4n) is 1.57. The van der Waals surface area contributed by atoms with Gasteiger partial charge in [-0.2, -0.15) is 0 Å². The van der Waals surface area contributed by atoms with Crippen molar-refractivity contribution in [3.8, 4) is 0 Å². The van der Waals surface area contributed by atoms with Crippen LogP contribution in [0.5, 0.6) is 0 Å². The van der Waals surface area contributed by atoms with Crippen LogP contribution in [0.1, 0.15) is 19.8 Å². The van der Waals surface area contributed by atoms with Crippen molar-refractivity contribution >= 4 is 15.8 Å². The average Bonchev–Trinajstić information content (AvgIpc) is 2.46. The van der Waals surface area contributed by atoms with Crippen molar-refractivity contribution in [3.05, 3.63) is 0 Å². The Morgan fingerprint density at radius 1 is 1.53 bits per heavy atom. The van der Waals surface area contributed by atoms with Crippen LogP contribution in [0.4, 0.5) is 0 Å². The molecular formula is C9H17NO4S. The van der Waals surface area contributed by atoms with Crippen molar-refractivity contribution in [1.82, 2.24) is 5.32 Å². The molecule has 0 aromatic rings. The summed E-state index contributed by atoms with van der Waals surface area (Å²) in [7, 11) is -2.84. The number of carbonyl (C=O) groups excluding carboxylic acids is 1. The topological polar surface area (TPSA) is 72.5 Å². The number of ether oxygens (including phenoxy) is 1. The van der Waals surface area contributed by atoms with Crippen LogP contribution in [0.15, 0.2) is 0 Å². The quantitative estimate of drug-likeness (QED) is 0.663. The molecule has 0 aliphatic carbocycles. The van der Waals surface area contributed by atoms with E-state index in [1.165, 1.54) is 0 Å². The number of rotatable bonds is 5. The van der Waals surface area contributed by atoms with E-state index in [4.69, 9.17) is 4.74 Å². The van der Waals surface area contributed by atoms with Gasteiger partial charge in [-0.1, -0.05) is 0 Å². The zero-order valence-electron chi connectivity index (χ0n) is 8.86. The molecule has 1 heterocycles. The van der Waals surface area contributed by atoms with Gasteiger partial charge in [-0.3, -0.25) is 4.79 Å². The molecule has 1 aliphatic rings. The minimum absolute atomic E-state index is 0.00410. The molecule has 0 spiro atoms. The molecule has 5 nitrogen and oxygen atoms in total. The first-order valence-electron chi connectivity index (χ1n) is 5.13. The zero-order valence-corrected chi connectivity index (χ0v) is 9.68. The van der Waals surface area contributed by atoms with E-state index in [1.807, 2.05) is 0 Å². The molecule has 0 unspecified atom stereocenters. The third kappa shape index (κ3) is 4.61. The van der Waals surface area contributed by atoms with Gasteiger partial charge in [0.2, 0.25) is 0 Å². The van der Waals surface area contributed by atoms with Gasteiger partial charge in [-0.15, -0.1) is 0 Å². The van der Waals surface area contributed by atoms with Crippen LogP contribution in [0.2, 0.25) is 0 Å². The van der Waals surface area contributed by atoms with E-state index >= 15 is 0 Å². The summed E-state index contributed by atoms with van der Waals surface area (Å²) in [5.74, 6) is 0.200. The van der Waals surface area contributed by atoms with Crippen molar-refractivity contribution in [2.75, 3.05) is 24.7 Å². The van der Waals surface area contributed by atoms with E-state index in [-0.39, 0.29) is 23.5 Å². The predicted molar refractivity (Wildman–Crippen MR) is 56.3 cm³/mol.